The van der Waals surface area contributed by atoms with Crippen LogP contribution in [0.1, 0.15) is 30.5 Å². The second-order valence-electron chi connectivity index (χ2n) is 4.20. The Morgan fingerprint density at radius 1 is 1.56 bits per heavy atom. The van der Waals surface area contributed by atoms with Gasteiger partial charge in [-0.15, -0.1) is 0 Å². The minimum atomic E-state index is -0.271. The molecule has 1 aromatic rings. The van der Waals surface area contributed by atoms with E-state index >= 15 is 0 Å². The third kappa shape index (κ3) is 2.57. The zero-order valence-corrected chi connectivity index (χ0v) is 9.35. The van der Waals surface area contributed by atoms with Gasteiger partial charge in [-0.25, -0.2) is 0 Å². The van der Waals surface area contributed by atoms with Crippen LogP contribution < -0.4 is 5.73 Å². The number of amides is 1. The van der Waals surface area contributed by atoms with Crippen molar-refractivity contribution in [2.45, 2.75) is 25.7 Å². The zero-order valence-electron chi connectivity index (χ0n) is 9.35. The van der Waals surface area contributed by atoms with Gasteiger partial charge in [0.2, 0.25) is 11.8 Å². The lowest BCUT2D eigenvalue weighted by molar-refractivity contribution is -0.119. The Morgan fingerprint density at radius 3 is 2.75 bits per heavy atom. The van der Waals surface area contributed by atoms with Gasteiger partial charge < -0.3 is 10.3 Å². The lowest BCUT2D eigenvalue weighted by atomic mass is 9.97. The molecule has 16 heavy (non-hydrogen) atoms. The van der Waals surface area contributed by atoms with Crippen LogP contribution in [0.15, 0.2) is 4.52 Å². The molecule has 0 aromatic carbocycles. The van der Waals surface area contributed by atoms with Crippen molar-refractivity contribution in [3.05, 3.63) is 11.7 Å². The minimum Gasteiger partial charge on any atom is -0.369 e. The molecule has 0 atom stereocenters. The molecule has 0 spiro atoms. The zero-order chi connectivity index (χ0) is 11.5. The second-order valence-corrected chi connectivity index (χ2v) is 4.20. The molecule has 1 aromatic heterocycles. The molecule has 1 aliphatic heterocycles. The molecule has 6 nitrogen and oxygen atoms in total. The number of piperidine rings is 1. The molecule has 2 rings (SSSR count). The number of aryl methyl sites for hydroxylation is 1. The van der Waals surface area contributed by atoms with Gasteiger partial charge in [0.05, 0.1) is 6.54 Å². The summed E-state index contributed by atoms with van der Waals surface area (Å²) in [6, 6.07) is 0. The molecule has 1 amide bonds. The molecule has 0 radical (unpaired) electrons. The maximum atomic E-state index is 10.8. The van der Waals surface area contributed by atoms with Crippen molar-refractivity contribution in [3.8, 4) is 0 Å². The first-order chi connectivity index (χ1) is 7.65. The van der Waals surface area contributed by atoms with Crippen LogP contribution in [-0.4, -0.2) is 40.6 Å². The van der Waals surface area contributed by atoms with Crippen molar-refractivity contribution in [1.29, 1.82) is 0 Å². The van der Waals surface area contributed by atoms with Crippen molar-refractivity contribution >= 4 is 5.91 Å². The molecule has 88 valence electrons. The molecule has 0 saturated carbocycles. The molecule has 0 bridgehead atoms. The molecule has 1 aliphatic rings. The van der Waals surface area contributed by atoms with Gasteiger partial charge in [-0.05, 0) is 32.9 Å². The quantitative estimate of drug-likeness (QED) is 0.783. The Labute approximate surface area is 93.8 Å². The van der Waals surface area contributed by atoms with E-state index in [-0.39, 0.29) is 5.91 Å². The molecule has 1 saturated heterocycles. The summed E-state index contributed by atoms with van der Waals surface area (Å²) < 4.78 is 5.15. The van der Waals surface area contributed by atoms with E-state index in [1.807, 2.05) is 6.92 Å². The fraction of sp³-hybridized carbons (Fsp3) is 0.700. The van der Waals surface area contributed by atoms with Crippen LogP contribution in [-0.2, 0) is 4.79 Å². The summed E-state index contributed by atoms with van der Waals surface area (Å²) in [7, 11) is 0. The van der Waals surface area contributed by atoms with Crippen LogP contribution in [0.4, 0.5) is 0 Å². The SMILES string of the molecule is Cc1noc(C2CCN(CC(N)=O)CC2)n1. The second kappa shape index (κ2) is 4.61. The number of nitrogens with zero attached hydrogens (tertiary/aromatic N) is 3. The summed E-state index contributed by atoms with van der Waals surface area (Å²) in [6.45, 7) is 3.87. The maximum absolute atomic E-state index is 10.8. The molecule has 1 fully saturated rings. The third-order valence-corrected chi connectivity index (χ3v) is 2.86. The normalized spacial score (nSPS) is 18.8. The van der Waals surface area contributed by atoms with Gasteiger partial charge in [-0.2, -0.15) is 4.98 Å². The molecular formula is C10H16N4O2. The van der Waals surface area contributed by atoms with Crippen molar-refractivity contribution in [1.82, 2.24) is 15.0 Å². The van der Waals surface area contributed by atoms with Crippen molar-refractivity contribution in [2.24, 2.45) is 5.73 Å². The molecular weight excluding hydrogens is 208 g/mol. The summed E-state index contributed by atoms with van der Waals surface area (Å²) in [5.74, 6) is 1.45. The monoisotopic (exact) mass is 224 g/mol. The number of nitrogens with two attached hydrogens (primary N) is 1. The summed E-state index contributed by atoms with van der Waals surface area (Å²) in [6.07, 6.45) is 1.88. The third-order valence-electron chi connectivity index (χ3n) is 2.86. The Bertz CT molecular complexity index is 369. The van der Waals surface area contributed by atoms with Crippen LogP contribution >= 0.6 is 0 Å². The van der Waals surface area contributed by atoms with Crippen LogP contribution in [0, 0.1) is 6.92 Å². The van der Waals surface area contributed by atoms with Crippen LogP contribution in [0.2, 0.25) is 0 Å². The van der Waals surface area contributed by atoms with E-state index in [0.717, 1.165) is 31.8 Å². The standard InChI is InChI=1S/C10H16N4O2/c1-7-12-10(16-13-7)8-2-4-14(5-3-8)6-9(11)15/h8H,2-6H2,1H3,(H2,11,15). The van der Waals surface area contributed by atoms with Crippen molar-refractivity contribution in [2.75, 3.05) is 19.6 Å². The van der Waals surface area contributed by atoms with Crippen molar-refractivity contribution in [3.63, 3.8) is 0 Å². The van der Waals surface area contributed by atoms with E-state index in [2.05, 4.69) is 15.0 Å². The first kappa shape index (κ1) is 11.1. The van der Waals surface area contributed by atoms with Gasteiger partial charge in [-0.1, -0.05) is 5.16 Å². The highest BCUT2D eigenvalue weighted by Crippen LogP contribution is 2.26. The van der Waals surface area contributed by atoms with E-state index in [1.54, 1.807) is 0 Å². The highest BCUT2D eigenvalue weighted by Gasteiger charge is 2.25. The van der Waals surface area contributed by atoms with Gasteiger partial charge >= 0.3 is 0 Å². The summed E-state index contributed by atoms with van der Waals surface area (Å²) in [5.41, 5.74) is 5.15. The minimum absolute atomic E-state index is 0.271. The average Bonchev–Trinajstić information content (AvgIpc) is 2.65. The number of hydrogen-bond donors (Lipinski definition) is 1. The van der Waals surface area contributed by atoms with E-state index in [9.17, 15) is 4.79 Å². The molecule has 2 heterocycles. The van der Waals surface area contributed by atoms with Crippen LogP contribution in [0.5, 0.6) is 0 Å². The van der Waals surface area contributed by atoms with Crippen molar-refractivity contribution < 1.29 is 9.32 Å². The molecule has 0 unspecified atom stereocenters. The number of primary amides is 1. The Morgan fingerprint density at radius 2 is 2.25 bits per heavy atom. The highest BCUT2D eigenvalue weighted by molar-refractivity contribution is 5.75. The maximum Gasteiger partial charge on any atom is 0.231 e. The largest absolute Gasteiger partial charge is 0.369 e. The molecule has 2 N–H and O–H groups in total. The highest BCUT2D eigenvalue weighted by atomic mass is 16.5. The van der Waals surface area contributed by atoms with Gasteiger partial charge in [0, 0.05) is 5.92 Å². The first-order valence-corrected chi connectivity index (χ1v) is 5.46. The number of likely N-dealkylation sites (tertiary alicyclic amines) is 1. The summed E-state index contributed by atoms with van der Waals surface area (Å²) in [4.78, 5) is 17.1. The lowest BCUT2D eigenvalue weighted by Gasteiger charge is -2.29. The fourth-order valence-corrected chi connectivity index (χ4v) is 2.04. The predicted molar refractivity (Wildman–Crippen MR) is 56.6 cm³/mol. The number of carbonyl (C=O) groups excluding carboxylic acids is 1. The number of hydrogen-bond acceptors (Lipinski definition) is 5. The van der Waals surface area contributed by atoms with Gasteiger partial charge in [-0.3, -0.25) is 9.69 Å². The van der Waals surface area contributed by atoms with Gasteiger partial charge in [0.25, 0.3) is 0 Å². The van der Waals surface area contributed by atoms with E-state index in [0.29, 0.717) is 18.3 Å². The topological polar surface area (TPSA) is 85.3 Å². The van der Waals surface area contributed by atoms with Crippen LogP contribution in [0.3, 0.4) is 0 Å². The Kier molecular flexibility index (Phi) is 3.19. The number of aromatic nitrogens is 2. The fourth-order valence-electron chi connectivity index (χ4n) is 2.04. The Balaban J connectivity index is 1.87. The van der Waals surface area contributed by atoms with Gasteiger partial charge in [0.15, 0.2) is 5.82 Å². The smallest absolute Gasteiger partial charge is 0.231 e. The van der Waals surface area contributed by atoms with E-state index in [4.69, 9.17) is 10.3 Å². The van der Waals surface area contributed by atoms with Crippen LogP contribution in [0.25, 0.3) is 0 Å². The van der Waals surface area contributed by atoms with Gasteiger partial charge in [0.1, 0.15) is 0 Å². The predicted octanol–water partition coefficient (Wildman–Crippen LogP) is 0.0427. The lowest BCUT2D eigenvalue weighted by Crippen LogP contribution is -2.39. The van der Waals surface area contributed by atoms with E-state index < -0.39 is 0 Å². The van der Waals surface area contributed by atoms with E-state index in [1.165, 1.54) is 0 Å². The average molecular weight is 224 g/mol. The number of rotatable bonds is 3. The summed E-state index contributed by atoms with van der Waals surface area (Å²) >= 11 is 0. The Hall–Kier alpha value is -1.43. The molecule has 0 aliphatic carbocycles. The summed E-state index contributed by atoms with van der Waals surface area (Å²) in [5, 5.41) is 3.79. The molecule has 6 heteroatoms. The first-order valence-electron chi connectivity index (χ1n) is 5.46. The number of carbonyl (C=O) groups is 1.